The largest absolute Gasteiger partial charge is 0.463 e. The van der Waals surface area contributed by atoms with Gasteiger partial charge in [-0.25, -0.2) is 9.79 Å². The van der Waals surface area contributed by atoms with E-state index in [1.54, 1.807) is 17.6 Å². The number of fused-ring (bicyclic) bond motifs is 2. The van der Waals surface area contributed by atoms with E-state index in [1.165, 1.54) is 22.7 Å². The fourth-order valence-corrected chi connectivity index (χ4v) is 7.64. The molecule has 0 amide bonds. The zero-order valence-corrected chi connectivity index (χ0v) is 26.1. The molecule has 6 nitrogen and oxygen atoms in total. The van der Waals surface area contributed by atoms with Gasteiger partial charge in [-0.3, -0.25) is 9.36 Å². The third-order valence-electron chi connectivity index (χ3n) is 7.17. The topological polar surface area (TPSA) is 65.6 Å². The van der Waals surface area contributed by atoms with Gasteiger partial charge >= 0.3 is 5.97 Å². The molecule has 1 aliphatic rings. The van der Waals surface area contributed by atoms with Crippen LogP contribution in [0.2, 0.25) is 10.0 Å². The Morgan fingerprint density at radius 1 is 1.12 bits per heavy atom. The van der Waals surface area contributed by atoms with Gasteiger partial charge in [0.2, 0.25) is 0 Å². The molecule has 214 valence electrons. The standard InChI is InChI=1S/C32H27Cl2N3O3S2/c1-3-8-24-28(31(39)40-4-2)29(26-11-7-14-41-26)37-30(38)27(42-32(37)35-24)15-20-18-36(25-10-6-5-9-22(20)25)17-19-12-13-21(33)16-23(19)34/h5-7,9-16,18,29H,3-4,8,17H2,1-2H3/b27-15+. The van der Waals surface area contributed by atoms with Crippen LogP contribution in [0, 0.1) is 0 Å². The maximum Gasteiger partial charge on any atom is 0.338 e. The van der Waals surface area contributed by atoms with E-state index in [1.807, 2.05) is 67.0 Å². The highest BCUT2D eigenvalue weighted by atomic mass is 35.5. The zero-order chi connectivity index (χ0) is 29.4. The molecule has 0 radical (unpaired) electrons. The summed E-state index contributed by atoms with van der Waals surface area (Å²) in [7, 11) is 0. The van der Waals surface area contributed by atoms with Crippen molar-refractivity contribution >= 4 is 68.8 Å². The van der Waals surface area contributed by atoms with Gasteiger partial charge in [-0.1, -0.05) is 78.2 Å². The number of thiophene rings is 1. The maximum atomic E-state index is 14.1. The average molecular weight is 637 g/mol. The molecule has 3 aromatic heterocycles. The van der Waals surface area contributed by atoms with E-state index >= 15 is 0 Å². The van der Waals surface area contributed by atoms with Gasteiger partial charge < -0.3 is 9.30 Å². The molecule has 4 heterocycles. The summed E-state index contributed by atoms with van der Waals surface area (Å²) in [5, 5.41) is 4.16. The molecule has 0 saturated carbocycles. The smallest absolute Gasteiger partial charge is 0.338 e. The average Bonchev–Trinajstić information content (AvgIpc) is 3.69. The Balaban J connectivity index is 1.52. The zero-order valence-electron chi connectivity index (χ0n) is 23.0. The Morgan fingerprint density at radius 2 is 1.95 bits per heavy atom. The summed E-state index contributed by atoms with van der Waals surface area (Å²) in [5.41, 5.74) is 3.81. The van der Waals surface area contributed by atoms with Crippen molar-refractivity contribution in [2.75, 3.05) is 6.61 Å². The summed E-state index contributed by atoms with van der Waals surface area (Å²) < 4.78 is 9.79. The fourth-order valence-electron chi connectivity index (χ4n) is 5.33. The van der Waals surface area contributed by atoms with Crippen LogP contribution in [0.4, 0.5) is 0 Å². The number of nitrogens with zero attached hydrogens (tertiary/aromatic N) is 3. The van der Waals surface area contributed by atoms with Gasteiger partial charge in [0, 0.05) is 44.1 Å². The summed E-state index contributed by atoms with van der Waals surface area (Å²) in [4.78, 5) is 33.7. The van der Waals surface area contributed by atoms with Gasteiger partial charge in [0.25, 0.3) is 5.56 Å². The summed E-state index contributed by atoms with van der Waals surface area (Å²) in [6, 6.07) is 16.9. The number of hydrogen-bond acceptors (Lipinski definition) is 6. The van der Waals surface area contributed by atoms with Crippen LogP contribution in [0.5, 0.6) is 0 Å². The van der Waals surface area contributed by atoms with Gasteiger partial charge in [-0.2, -0.15) is 0 Å². The molecule has 2 aromatic carbocycles. The van der Waals surface area contributed by atoms with Crippen LogP contribution >= 0.6 is 45.9 Å². The quantitative estimate of drug-likeness (QED) is 0.173. The Morgan fingerprint density at radius 3 is 2.69 bits per heavy atom. The van der Waals surface area contributed by atoms with Crippen molar-refractivity contribution in [2.45, 2.75) is 39.3 Å². The molecule has 6 rings (SSSR count). The van der Waals surface area contributed by atoms with E-state index in [0.29, 0.717) is 43.6 Å². The van der Waals surface area contributed by atoms with Crippen molar-refractivity contribution in [3.05, 3.63) is 123 Å². The van der Waals surface area contributed by atoms with Gasteiger partial charge in [-0.05, 0) is 54.6 Å². The van der Waals surface area contributed by atoms with Crippen LogP contribution in [-0.2, 0) is 16.1 Å². The van der Waals surface area contributed by atoms with E-state index in [9.17, 15) is 9.59 Å². The first-order chi connectivity index (χ1) is 20.4. The first-order valence-electron chi connectivity index (χ1n) is 13.7. The first-order valence-corrected chi connectivity index (χ1v) is 16.1. The lowest BCUT2D eigenvalue weighted by molar-refractivity contribution is -0.139. The van der Waals surface area contributed by atoms with E-state index in [4.69, 9.17) is 32.9 Å². The number of para-hydroxylation sites is 1. The van der Waals surface area contributed by atoms with Crippen LogP contribution in [0.15, 0.2) is 87.2 Å². The number of hydrogen-bond donors (Lipinski definition) is 0. The van der Waals surface area contributed by atoms with Crippen molar-refractivity contribution in [3.8, 4) is 0 Å². The molecule has 0 fully saturated rings. The van der Waals surface area contributed by atoms with Crippen molar-refractivity contribution in [1.29, 1.82) is 0 Å². The third kappa shape index (κ3) is 5.28. The van der Waals surface area contributed by atoms with E-state index < -0.39 is 12.0 Å². The van der Waals surface area contributed by atoms with E-state index in [-0.39, 0.29) is 12.2 Å². The van der Waals surface area contributed by atoms with Crippen LogP contribution < -0.4 is 14.9 Å². The van der Waals surface area contributed by atoms with Gasteiger partial charge in [0.05, 0.1) is 22.4 Å². The number of esters is 1. The number of aromatic nitrogens is 2. The molecular formula is C32H27Cl2N3O3S2. The fraction of sp³-hybridized carbons (Fsp3) is 0.219. The third-order valence-corrected chi connectivity index (χ3v) is 9.66. The van der Waals surface area contributed by atoms with Gasteiger partial charge in [0.1, 0.15) is 6.04 Å². The Kier molecular flexibility index (Phi) is 8.23. The van der Waals surface area contributed by atoms with Crippen LogP contribution in [0.25, 0.3) is 17.0 Å². The predicted octanol–water partition coefficient (Wildman–Crippen LogP) is 6.95. The SMILES string of the molecule is CCCC1=C(C(=O)OCC)C(c2cccs2)n2c(s/c(=C/c3cn(Cc4ccc(Cl)cc4Cl)c4ccccc34)c2=O)=N1. The molecule has 42 heavy (non-hydrogen) atoms. The minimum absolute atomic E-state index is 0.188. The number of rotatable bonds is 8. The van der Waals surface area contributed by atoms with Crippen LogP contribution in [0.1, 0.15) is 48.7 Å². The molecule has 5 aromatic rings. The predicted molar refractivity (Wildman–Crippen MR) is 171 cm³/mol. The second-order valence-corrected chi connectivity index (χ2v) is 12.7. The lowest BCUT2D eigenvalue weighted by atomic mass is 9.99. The summed E-state index contributed by atoms with van der Waals surface area (Å²) in [6.45, 7) is 4.63. The molecule has 0 spiro atoms. The van der Waals surface area contributed by atoms with Crippen molar-refractivity contribution in [1.82, 2.24) is 9.13 Å². The monoisotopic (exact) mass is 635 g/mol. The number of carbonyl (C=O) groups is 1. The van der Waals surface area contributed by atoms with Crippen LogP contribution in [0.3, 0.4) is 0 Å². The molecule has 0 N–H and O–H groups in total. The van der Waals surface area contributed by atoms with Crippen molar-refractivity contribution in [2.24, 2.45) is 4.99 Å². The van der Waals surface area contributed by atoms with Gasteiger partial charge in [0.15, 0.2) is 4.80 Å². The second-order valence-electron chi connectivity index (χ2n) is 9.89. The molecule has 0 aliphatic carbocycles. The molecule has 1 unspecified atom stereocenters. The number of carbonyl (C=O) groups excluding carboxylic acids is 1. The molecule has 1 aliphatic heterocycles. The Bertz CT molecular complexity index is 2020. The first kappa shape index (κ1) is 28.7. The minimum Gasteiger partial charge on any atom is -0.463 e. The highest BCUT2D eigenvalue weighted by molar-refractivity contribution is 7.10. The van der Waals surface area contributed by atoms with E-state index in [0.717, 1.165) is 33.3 Å². The highest BCUT2D eigenvalue weighted by Gasteiger charge is 2.34. The lowest BCUT2D eigenvalue weighted by Crippen LogP contribution is -2.39. The van der Waals surface area contributed by atoms with Gasteiger partial charge in [-0.15, -0.1) is 11.3 Å². The lowest BCUT2D eigenvalue weighted by Gasteiger charge is -2.24. The number of halogens is 2. The highest BCUT2D eigenvalue weighted by Crippen LogP contribution is 2.35. The van der Waals surface area contributed by atoms with Crippen molar-refractivity contribution in [3.63, 3.8) is 0 Å². The number of benzene rings is 2. The number of thiazole rings is 1. The van der Waals surface area contributed by atoms with E-state index in [2.05, 4.69) is 10.6 Å². The second kappa shape index (κ2) is 12.1. The Labute approximate surface area is 260 Å². The number of allylic oxidation sites excluding steroid dienone is 1. The molecular weight excluding hydrogens is 609 g/mol. The summed E-state index contributed by atoms with van der Waals surface area (Å²) in [6.07, 6.45) is 5.38. The number of ether oxygens (including phenoxy) is 1. The molecule has 0 bridgehead atoms. The minimum atomic E-state index is -0.586. The molecule has 10 heteroatoms. The normalized spacial score (nSPS) is 15.2. The summed E-state index contributed by atoms with van der Waals surface area (Å²) >= 11 is 15.5. The maximum absolute atomic E-state index is 14.1. The van der Waals surface area contributed by atoms with Crippen LogP contribution in [-0.4, -0.2) is 21.7 Å². The van der Waals surface area contributed by atoms with Crippen molar-refractivity contribution < 1.29 is 9.53 Å². The molecule has 1 atom stereocenters. The Hall–Kier alpha value is -3.43. The molecule has 0 saturated heterocycles. The summed E-state index contributed by atoms with van der Waals surface area (Å²) in [5.74, 6) is -0.429.